The number of rotatable bonds is 6. The number of hydrogen-bond acceptors (Lipinski definition) is 7. The lowest BCUT2D eigenvalue weighted by Crippen LogP contribution is -2.38. The molecule has 1 atom stereocenters. The Balaban J connectivity index is 1.41. The van der Waals surface area contributed by atoms with Gasteiger partial charge in [0.2, 0.25) is 5.91 Å². The first-order chi connectivity index (χ1) is 15.1. The molecule has 3 heterocycles. The number of benzene rings is 1. The number of nitrogens with zero attached hydrogens (tertiary/aromatic N) is 3. The van der Waals surface area contributed by atoms with E-state index in [4.69, 9.17) is 9.84 Å². The number of nitrogens with one attached hydrogen (secondary N) is 1. The van der Waals surface area contributed by atoms with Gasteiger partial charge >= 0.3 is 0 Å². The molecule has 4 rings (SSSR count). The van der Waals surface area contributed by atoms with Gasteiger partial charge < -0.3 is 20.1 Å². The Bertz CT molecular complexity index is 1020. The van der Waals surface area contributed by atoms with Crippen molar-refractivity contribution >= 4 is 28.2 Å². The van der Waals surface area contributed by atoms with Crippen molar-refractivity contribution < 1.29 is 14.6 Å². The lowest BCUT2D eigenvalue weighted by Gasteiger charge is -2.23. The minimum Gasteiger partial charge on any atom is -0.387 e. The van der Waals surface area contributed by atoms with Crippen molar-refractivity contribution in [2.24, 2.45) is 5.92 Å². The number of amides is 1. The summed E-state index contributed by atoms with van der Waals surface area (Å²) in [7, 11) is 0. The minimum absolute atomic E-state index is 0.168. The van der Waals surface area contributed by atoms with E-state index >= 15 is 0 Å². The Labute approximate surface area is 185 Å². The molecule has 0 bridgehead atoms. The fourth-order valence-electron chi connectivity index (χ4n) is 3.63. The topological polar surface area (TPSA) is 87.6 Å². The predicted octanol–water partition coefficient (Wildman–Crippen LogP) is 3.27. The van der Waals surface area contributed by atoms with Crippen LogP contribution in [0, 0.1) is 12.8 Å². The van der Waals surface area contributed by atoms with Gasteiger partial charge in [0.25, 0.3) is 0 Å². The normalized spacial score (nSPS) is 16.7. The number of pyridine rings is 1. The minimum atomic E-state index is -0.464. The molecule has 2 aromatic heterocycles. The van der Waals surface area contributed by atoms with Crippen molar-refractivity contribution in [1.82, 2.24) is 14.9 Å². The molecule has 1 aromatic carbocycles. The molecule has 0 spiro atoms. The molecule has 162 valence electrons. The highest BCUT2D eigenvalue weighted by molar-refractivity contribution is 7.18. The number of aromatic nitrogens is 2. The van der Waals surface area contributed by atoms with Crippen LogP contribution < -0.4 is 5.32 Å². The molecule has 1 amide bonds. The fourth-order valence-corrected chi connectivity index (χ4v) is 4.45. The maximum Gasteiger partial charge on any atom is 0.248 e. The van der Waals surface area contributed by atoms with Crippen LogP contribution in [0.3, 0.4) is 0 Å². The molecule has 7 nitrogen and oxygen atoms in total. The number of aryl methyl sites for hydroxylation is 1. The third-order valence-electron chi connectivity index (χ3n) is 5.25. The average molecular weight is 439 g/mol. The smallest absolute Gasteiger partial charge is 0.248 e. The molecule has 8 heteroatoms. The molecule has 0 aliphatic carbocycles. The van der Waals surface area contributed by atoms with E-state index < -0.39 is 6.61 Å². The number of ether oxygens (including phenoxy) is 1. The number of thiazole rings is 1. The van der Waals surface area contributed by atoms with Crippen LogP contribution in [-0.2, 0) is 16.0 Å². The molecular weight excluding hydrogens is 412 g/mol. The largest absolute Gasteiger partial charge is 0.387 e. The SMILES string of the molecule is Cc1ccc(-c2cnc(Nc3cc(CC4COCCN(C(=O)CO)C4)ccn3)s2)cc1. The van der Waals surface area contributed by atoms with E-state index in [1.807, 2.05) is 18.3 Å². The molecule has 1 aliphatic heterocycles. The average Bonchev–Trinajstić information content (AvgIpc) is 3.11. The number of carbonyl (C=O) groups excluding carboxylic acids is 1. The van der Waals surface area contributed by atoms with Crippen molar-refractivity contribution in [3.8, 4) is 10.4 Å². The van der Waals surface area contributed by atoms with Gasteiger partial charge in [0.1, 0.15) is 12.4 Å². The van der Waals surface area contributed by atoms with E-state index in [1.165, 1.54) is 5.56 Å². The Hall–Kier alpha value is -2.81. The zero-order valence-electron chi connectivity index (χ0n) is 17.5. The molecule has 2 N–H and O–H groups in total. The third-order valence-corrected chi connectivity index (χ3v) is 6.21. The highest BCUT2D eigenvalue weighted by Gasteiger charge is 2.22. The van der Waals surface area contributed by atoms with E-state index in [0.717, 1.165) is 33.4 Å². The van der Waals surface area contributed by atoms with Crippen molar-refractivity contribution in [3.05, 3.63) is 59.9 Å². The predicted molar refractivity (Wildman–Crippen MR) is 121 cm³/mol. The zero-order chi connectivity index (χ0) is 21.6. The van der Waals surface area contributed by atoms with Crippen LogP contribution in [-0.4, -0.2) is 58.8 Å². The van der Waals surface area contributed by atoms with Crippen LogP contribution in [0.5, 0.6) is 0 Å². The van der Waals surface area contributed by atoms with Crippen LogP contribution in [0.4, 0.5) is 10.9 Å². The van der Waals surface area contributed by atoms with E-state index in [9.17, 15) is 4.79 Å². The van der Waals surface area contributed by atoms with Crippen LogP contribution in [0.15, 0.2) is 48.8 Å². The first-order valence-corrected chi connectivity index (χ1v) is 11.1. The second kappa shape index (κ2) is 10.00. The zero-order valence-corrected chi connectivity index (χ0v) is 18.3. The van der Waals surface area contributed by atoms with E-state index in [1.54, 1.807) is 22.4 Å². The summed E-state index contributed by atoms with van der Waals surface area (Å²) in [4.78, 5) is 23.6. The van der Waals surface area contributed by atoms with E-state index in [0.29, 0.717) is 26.3 Å². The second-order valence-corrected chi connectivity index (χ2v) is 8.74. The lowest BCUT2D eigenvalue weighted by atomic mass is 10.00. The summed E-state index contributed by atoms with van der Waals surface area (Å²) in [6.45, 7) is 3.80. The molecule has 31 heavy (non-hydrogen) atoms. The molecule has 1 saturated heterocycles. The van der Waals surface area contributed by atoms with E-state index in [-0.39, 0.29) is 11.8 Å². The Morgan fingerprint density at radius 3 is 2.94 bits per heavy atom. The third kappa shape index (κ3) is 5.66. The van der Waals surface area contributed by atoms with Crippen LogP contribution >= 0.6 is 11.3 Å². The van der Waals surface area contributed by atoms with Gasteiger partial charge in [0.15, 0.2) is 5.13 Å². The first-order valence-electron chi connectivity index (χ1n) is 10.3. The molecule has 0 saturated carbocycles. The quantitative estimate of drug-likeness (QED) is 0.614. The van der Waals surface area contributed by atoms with Crippen molar-refractivity contribution in [1.29, 1.82) is 0 Å². The summed E-state index contributed by atoms with van der Waals surface area (Å²) in [6, 6.07) is 12.4. The van der Waals surface area contributed by atoms with Crippen LogP contribution in [0.1, 0.15) is 11.1 Å². The van der Waals surface area contributed by atoms with Gasteiger partial charge in [-0.25, -0.2) is 9.97 Å². The van der Waals surface area contributed by atoms with Gasteiger partial charge in [0, 0.05) is 31.4 Å². The maximum atomic E-state index is 11.9. The van der Waals surface area contributed by atoms with Crippen LogP contribution in [0.2, 0.25) is 0 Å². The maximum absolute atomic E-state index is 11.9. The fraction of sp³-hybridized carbons (Fsp3) is 0.348. The summed E-state index contributed by atoms with van der Waals surface area (Å²) in [6.07, 6.45) is 4.41. The summed E-state index contributed by atoms with van der Waals surface area (Å²) in [5.74, 6) is 0.655. The number of anilines is 2. The van der Waals surface area contributed by atoms with Gasteiger partial charge in [-0.3, -0.25) is 4.79 Å². The van der Waals surface area contributed by atoms with Crippen LogP contribution in [0.25, 0.3) is 10.4 Å². The summed E-state index contributed by atoms with van der Waals surface area (Å²) >= 11 is 1.59. The molecule has 0 radical (unpaired) electrons. The molecule has 3 aromatic rings. The standard InChI is InChI=1S/C23H26N4O3S/c1-16-2-4-19(5-3-16)20-12-25-23(31-20)26-21-11-17(6-7-24-21)10-18-13-27(22(29)14-28)8-9-30-15-18/h2-7,11-12,18,28H,8-10,13-15H2,1H3,(H,24,25,26). The van der Waals surface area contributed by atoms with Gasteiger partial charge in [-0.05, 0) is 36.6 Å². The second-order valence-electron chi connectivity index (χ2n) is 7.71. The number of hydrogen-bond donors (Lipinski definition) is 2. The van der Waals surface area contributed by atoms with Crippen molar-refractivity contribution in [2.75, 3.05) is 38.2 Å². The summed E-state index contributed by atoms with van der Waals surface area (Å²) < 4.78 is 5.67. The first kappa shape index (κ1) is 21.4. The Kier molecular flexibility index (Phi) is 6.91. The Morgan fingerprint density at radius 2 is 2.13 bits per heavy atom. The monoisotopic (exact) mass is 438 g/mol. The number of carbonyl (C=O) groups is 1. The number of aliphatic hydroxyl groups excluding tert-OH is 1. The highest BCUT2D eigenvalue weighted by Crippen LogP contribution is 2.30. The lowest BCUT2D eigenvalue weighted by molar-refractivity contribution is -0.134. The molecular formula is C23H26N4O3S. The number of aliphatic hydroxyl groups is 1. The van der Waals surface area contributed by atoms with Gasteiger partial charge in [0.05, 0.1) is 18.1 Å². The van der Waals surface area contributed by atoms with Crippen molar-refractivity contribution in [3.63, 3.8) is 0 Å². The molecule has 1 fully saturated rings. The van der Waals surface area contributed by atoms with Gasteiger partial charge in [-0.1, -0.05) is 41.2 Å². The summed E-state index contributed by atoms with van der Waals surface area (Å²) in [5.41, 5.74) is 3.49. The van der Waals surface area contributed by atoms with Gasteiger partial charge in [-0.15, -0.1) is 0 Å². The molecule has 1 unspecified atom stereocenters. The summed E-state index contributed by atoms with van der Waals surface area (Å²) in [5, 5.41) is 13.3. The van der Waals surface area contributed by atoms with Gasteiger partial charge in [-0.2, -0.15) is 0 Å². The Morgan fingerprint density at radius 1 is 1.29 bits per heavy atom. The molecule has 1 aliphatic rings. The van der Waals surface area contributed by atoms with Crippen molar-refractivity contribution in [2.45, 2.75) is 13.3 Å². The van der Waals surface area contributed by atoms with E-state index in [2.05, 4.69) is 46.5 Å². The highest BCUT2D eigenvalue weighted by atomic mass is 32.1.